The largest absolute Gasteiger partial charge is 0.249 e. The van der Waals surface area contributed by atoms with Crippen LogP contribution in [-0.2, 0) is 7.05 Å². The van der Waals surface area contributed by atoms with E-state index in [1.54, 1.807) is 4.68 Å². The summed E-state index contributed by atoms with van der Waals surface area (Å²) in [4.78, 5) is 0. The molecule has 3 rings (SSSR count). The van der Waals surface area contributed by atoms with Crippen LogP contribution in [0.2, 0.25) is 0 Å². The third kappa shape index (κ3) is 1.62. The summed E-state index contributed by atoms with van der Waals surface area (Å²) in [5.74, 6) is 0. The lowest BCUT2D eigenvalue weighted by atomic mass is 10.1. The fraction of sp³-hybridized carbons (Fsp3) is 0.154. The van der Waals surface area contributed by atoms with E-state index in [4.69, 9.17) is 0 Å². The lowest BCUT2D eigenvalue weighted by molar-refractivity contribution is 0.766. The Morgan fingerprint density at radius 1 is 1.11 bits per heavy atom. The van der Waals surface area contributed by atoms with Crippen molar-refractivity contribution in [2.24, 2.45) is 7.05 Å². The first-order chi connectivity index (χ1) is 8.68. The Morgan fingerprint density at radius 2 is 1.83 bits per heavy atom. The topological polar surface area (TPSA) is 43.6 Å². The molecule has 1 aromatic carbocycles. The van der Waals surface area contributed by atoms with Crippen molar-refractivity contribution in [1.82, 2.24) is 20.0 Å². The van der Waals surface area contributed by atoms with E-state index in [0.717, 1.165) is 32.5 Å². The normalized spacial score (nSPS) is 11.1. The summed E-state index contributed by atoms with van der Waals surface area (Å²) in [7, 11) is 1.87. The van der Waals surface area contributed by atoms with Crippen LogP contribution in [0.3, 0.4) is 0 Å². The first-order valence-corrected chi connectivity index (χ1v) is 6.38. The monoisotopic (exact) mass is 302 g/mol. The average molecular weight is 303 g/mol. The molecule has 0 saturated carbocycles. The van der Waals surface area contributed by atoms with Gasteiger partial charge >= 0.3 is 0 Å². The first kappa shape index (κ1) is 11.3. The van der Waals surface area contributed by atoms with Crippen LogP contribution in [0.5, 0.6) is 0 Å². The SMILES string of the molecule is Cc1nn(C)c2nnc(-c3ccccc3)c(Br)c12. The molecule has 0 spiro atoms. The summed E-state index contributed by atoms with van der Waals surface area (Å²) >= 11 is 3.63. The molecule has 0 bridgehead atoms. The number of rotatable bonds is 1. The minimum Gasteiger partial charge on any atom is -0.249 e. The third-order valence-electron chi connectivity index (χ3n) is 2.91. The summed E-state index contributed by atoms with van der Waals surface area (Å²) in [6.45, 7) is 1.98. The van der Waals surface area contributed by atoms with Gasteiger partial charge < -0.3 is 0 Å². The summed E-state index contributed by atoms with van der Waals surface area (Å²) in [5, 5.41) is 13.9. The van der Waals surface area contributed by atoms with Crippen molar-refractivity contribution in [3.8, 4) is 11.3 Å². The van der Waals surface area contributed by atoms with Gasteiger partial charge in [-0.15, -0.1) is 10.2 Å². The highest BCUT2D eigenvalue weighted by Gasteiger charge is 2.15. The van der Waals surface area contributed by atoms with Crippen LogP contribution in [0.15, 0.2) is 34.8 Å². The van der Waals surface area contributed by atoms with Gasteiger partial charge in [-0.2, -0.15) is 5.10 Å². The molecule has 0 aliphatic carbocycles. The molecule has 0 amide bonds. The van der Waals surface area contributed by atoms with Gasteiger partial charge in [0.1, 0.15) is 5.69 Å². The molecule has 2 heterocycles. The fourth-order valence-corrected chi connectivity index (χ4v) is 2.83. The second-order valence-electron chi connectivity index (χ2n) is 4.14. The molecular weight excluding hydrogens is 292 g/mol. The van der Waals surface area contributed by atoms with E-state index >= 15 is 0 Å². The summed E-state index contributed by atoms with van der Waals surface area (Å²) in [5.41, 5.74) is 3.63. The number of fused-ring (bicyclic) bond motifs is 1. The van der Waals surface area contributed by atoms with Crippen molar-refractivity contribution < 1.29 is 0 Å². The number of nitrogens with zero attached hydrogens (tertiary/aromatic N) is 4. The van der Waals surface area contributed by atoms with E-state index in [0.29, 0.717) is 0 Å². The Morgan fingerprint density at radius 3 is 2.56 bits per heavy atom. The van der Waals surface area contributed by atoms with E-state index in [-0.39, 0.29) is 0 Å². The molecule has 0 aliphatic rings. The Bertz CT molecular complexity index is 719. The van der Waals surface area contributed by atoms with Crippen molar-refractivity contribution in [3.05, 3.63) is 40.5 Å². The highest BCUT2D eigenvalue weighted by molar-refractivity contribution is 9.10. The van der Waals surface area contributed by atoms with Crippen LogP contribution in [0.4, 0.5) is 0 Å². The second-order valence-corrected chi connectivity index (χ2v) is 4.93. The molecule has 2 aromatic heterocycles. The number of hydrogen-bond donors (Lipinski definition) is 0. The summed E-state index contributed by atoms with van der Waals surface area (Å²) < 4.78 is 2.70. The molecule has 0 aliphatic heterocycles. The van der Waals surface area contributed by atoms with Gasteiger partial charge in [0.05, 0.1) is 15.6 Å². The minimum absolute atomic E-state index is 0.791. The molecule has 0 atom stereocenters. The second kappa shape index (κ2) is 4.17. The fourth-order valence-electron chi connectivity index (χ4n) is 2.06. The molecule has 0 N–H and O–H groups in total. The van der Waals surface area contributed by atoms with Crippen LogP contribution in [0, 0.1) is 6.92 Å². The predicted molar refractivity (Wildman–Crippen MR) is 74.2 cm³/mol. The van der Waals surface area contributed by atoms with Gasteiger partial charge in [-0.1, -0.05) is 30.3 Å². The lowest BCUT2D eigenvalue weighted by Gasteiger charge is -2.04. The zero-order valence-corrected chi connectivity index (χ0v) is 11.6. The van der Waals surface area contributed by atoms with Gasteiger partial charge in [-0.25, -0.2) is 4.68 Å². The maximum Gasteiger partial charge on any atom is 0.181 e. The van der Waals surface area contributed by atoms with Gasteiger partial charge in [0.2, 0.25) is 0 Å². The van der Waals surface area contributed by atoms with Crippen molar-refractivity contribution >= 4 is 27.0 Å². The molecule has 0 unspecified atom stereocenters. The van der Waals surface area contributed by atoms with E-state index in [9.17, 15) is 0 Å². The highest BCUT2D eigenvalue weighted by atomic mass is 79.9. The van der Waals surface area contributed by atoms with Crippen molar-refractivity contribution in [3.63, 3.8) is 0 Å². The maximum atomic E-state index is 4.37. The van der Waals surface area contributed by atoms with Crippen LogP contribution in [0.25, 0.3) is 22.3 Å². The smallest absolute Gasteiger partial charge is 0.181 e. The van der Waals surface area contributed by atoms with Crippen LogP contribution >= 0.6 is 15.9 Å². The molecule has 4 nitrogen and oxygen atoms in total. The van der Waals surface area contributed by atoms with Crippen LogP contribution in [0.1, 0.15) is 5.69 Å². The maximum absolute atomic E-state index is 4.37. The van der Waals surface area contributed by atoms with Gasteiger partial charge in [0, 0.05) is 12.6 Å². The van der Waals surface area contributed by atoms with E-state index in [1.807, 2.05) is 44.3 Å². The molecule has 5 heteroatoms. The Hall–Kier alpha value is -1.75. The number of halogens is 1. The number of aromatic nitrogens is 4. The molecule has 90 valence electrons. The molecule has 18 heavy (non-hydrogen) atoms. The standard InChI is InChI=1S/C13H11BrN4/c1-8-10-11(14)12(9-6-4-3-5-7-9)15-16-13(10)18(2)17-8/h3-7H,1-2H3. The van der Waals surface area contributed by atoms with E-state index in [2.05, 4.69) is 31.2 Å². The Labute approximate surface area is 113 Å². The van der Waals surface area contributed by atoms with Crippen LogP contribution < -0.4 is 0 Å². The predicted octanol–water partition coefficient (Wildman–Crippen LogP) is 3.10. The molecular formula is C13H11BrN4. The summed E-state index contributed by atoms with van der Waals surface area (Å²) in [6, 6.07) is 10.0. The molecule has 0 saturated heterocycles. The summed E-state index contributed by atoms with van der Waals surface area (Å²) in [6.07, 6.45) is 0. The van der Waals surface area contributed by atoms with E-state index < -0.39 is 0 Å². The van der Waals surface area contributed by atoms with Gasteiger partial charge in [0.25, 0.3) is 0 Å². The van der Waals surface area contributed by atoms with Crippen LogP contribution in [-0.4, -0.2) is 20.0 Å². The molecule has 0 fully saturated rings. The molecule has 3 aromatic rings. The third-order valence-corrected chi connectivity index (χ3v) is 3.68. The highest BCUT2D eigenvalue weighted by Crippen LogP contribution is 2.32. The number of hydrogen-bond acceptors (Lipinski definition) is 3. The number of benzene rings is 1. The Balaban J connectivity index is 2.33. The first-order valence-electron chi connectivity index (χ1n) is 5.59. The van der Waals surface area contributed by atoms with Crippen molar-refractivity contribution in [1.29, 1.82) is 0 Å². The Kier molecular flexibility index (Phi) is 2.63. The minimum atomic E-state index is 0.791. The van der Waals surface area contributed by atoms with Gasteiger partial charge in [0.15, 0.2) is 5.65 Å². The van der Waals surface area contributed by atoms with Gasteiger partial charge in [-0.3, -0.25) is 0 Å². The lowest BCUT2D eigenvalue weighted by Crippen LogP contribution is -1.95. The zero-order chi connectivity index (χ0) is 12.7. The zero-order valence-electron chi connectivity index (χ0n) is 10.1. The quantitative estimate of drug-likeness (QED) is 0.694. The van der Waals surface area contributed by atoms with Crippen molar-refractivity contribution in [2.45, 2.75) is 6.92 Å². The number of aryl methyl sites for hydroxylation is 2. The average Bonchev–Trinajstić information content (AvgIpc) is 2.67. The van der Waals surface area contributed by atoms with Gasteiger partial charge in [-0.05, 0) is 22.9 Å². The van der Waals surface area contributed by atoms with Crippen molar-refractivity contribution in [2.75, 3.05) is 0 Å². The van der Waals surface area contributed by atoms with E-state index in [1.165, 1.54) is 0 Å². The molecule has 0 radical (unpaired) electrons.